The molecule has 3 N–H and O–H groups in total. The molecule has 1 aromatic rings. The van der Waals surface area contributed by atoms with E-state index in [0.29, 0.717) is 19.8 Å². The fourth-order valence-corrected chi connectivity index (χ4v) is 2.34. The Bertz CT molecular complexity index is 612. The summed E-state index contributed by atoms with van der Waals surface area (Å²) in [7, 11) is -3.82. The second-order valence-corrected chi connectivity index (χ2v) is 7.53. The van der Waals surface area contributed by atoms with Crippen molar-refractivity contribution in [3.05, 3.63) is 29.8 Å². The SMILES string of the molecule is CCCOCC(C)(C)CNC(=O)c1cccc(S(N)(=O)=O)c1. The summed E-state index contributed by atoms with van der Waals surface area (Å²) in [5.41, 5.74) is 0.0550. The number of benzene rings is 1. The van der Waals surface area contributed by atoms with Gasteiger partial charge in [0, 0.05) is 24.1 Å². The van der Waals surface area contributed by atoms with Crippen molar-refractivity contribution in [1.29, 1.82) is 0 Å². The van der Waals surface area contributed by atoms with E-state index in [-0.39, 0.29) is 21.8 Å². The van der Waals surface area contributed by atoms with Crippen LogP contribution in [0, 0.1) is 5.41 Å². The molecule has 22 heavy (non-hydrogen) atoms. The summed E-state index contributed by atoms with van der Waals surface area (Å²) in [5.74, 6) is -0.339. The van der Waals surface area contributed by atoms with Crippen LogP contribution in [0.3, 0.4) is 0 Å². The molecule has 0 aliphatic rings. The molecule has 0 spiro atoms. The summed E-state index contributed by atoms with van der Waals surface area (Å²) in [6.45, 7) is 7.67. The Kier molecular flexibility index (Phi) is 6.52. The molecular formula is C15H24N2O4S. The Labute approximate surface area is 132 Å². The van der Waals surface area contributed by atoms with Crippen molar-refractivity contribution in [2.24, 2.45) is 10.6 Å². The zero-order chi connectivity index (χ0) is 16.8. The molecule has 0 radical (unpaired) electrons. The number of hydrogen-bond acceptors (Lipinski definition) is 4. The maximum atomic E-state index is 12.1. The summed E-state index contributed by atoms with van der Waals surface area (Å²) >= 11 is 0. The Morgan fingerprint density at radius 3 is 2.64 bits per heavy atom. The molecule has 0 bridgehead atoms. The minimum atomic E-state index is -3.82. The molecule has 0 unspecified atom stereocenters. The first-order chi connectivity index (χ1) is 10.2. The normalized spacial score (nSPS) is 12.2. The first-order valence-electron chi connectivity index (χ1n) is 7.14. The minimum Gasteiger partial charge on any atom is -0.381 e. The Morgan fingerprint density at radius 1 is 1.36 bits per heavy atom. The summed E-state index contributed by atoms with van der Waals surface area (Å²) in [4.78, 5) is 12.0. The van der Waals surface area contributed by atoms with Crippen molar-refractivity contribution >= 4 is 15.9 Å². The van der Waals surface area contributed by atoms with E-state index >= 15 is 0 Å². The molecule has 0 saturated heterocycles. The van der Waals surface area contributed by atoms with Gasteiger partial charge < -0.3 is 10.1 Å². The maximum Gasteiger partial charge on any atom is 0.251 e. The zero-order valence-electron chi connectivity index (χ0n) is 13.3. The lowest BCUT2D eigenvalue weighted by Crippen LogP contribution is -2.36. The number of rotatable bonds is 8. The van der Waals surface area contributed by atoms with Crippen molar-refractivity contribution < 1.29 is 17.9 Å². The number of carbonyl (C=O) groups excluding carboxylic acids is 1. The van der Waals surface area contributed by atoms with E-state index in [1.165, 1.54) is 18.2 Å². The second-order valence-electron chi connectivity index (χ2n) is 5.97. The van der Waals surface area contributed by atoms with Gasteiger partial charge >= 0.3 is 0 Å². The third kappa shape index (κ3) is 6.13. The standard InChI is InChI=1S/C15H24N2O4S/c1-4-8-21-11-15(2,3)10-17-14(18)12-6-5-7-13(9-12)22(16,19)20/h5-7,9H,4,8,10-11H2,1-3H3,(H,17,18)(H2,16,19,20). The van der Waals surface area contributed by atoms with Gasteiger partial charge in [0.15, 0.2) is 0 Å². The van der Waals surface area contributed by atoms with E-state index in [4.69, 9.17) is 9.88 Å². The topological polar surface area (TPSA) is 98.5 Å². The van der Waals surface area contributed by atoms with Crippen LogP contribution in [0.15, 0.2) is 29.2 Å². The van der Waals surface area contributed by atoms with Crippen LogP contribution in [0.2, 0.25) is 0 Å². The van der Waals surface area contributed by atoms with E-state index in [1.54, 1.807) is 6.07 Å². The summed E-state index contributed by atoms with van der Waals surface area (Å²) in [5, 5.41) is 7.85. The third-order valence-corrected chi connectivity index (χ3v) is 3.90. The summed E-state index contributed by atoms with van der Waals surface area (Å²) in [6.07, 6.45) is 0.947. The average molecular weight is 328 g/mol. The van der Waals surface area contributed by atoms with E-state index in [2.05, 4.69) is 5.32 Å². The van der Waals surface area contributed by atoms with Crippen LogP contribution in [0.5, 0.6) is 0 Å². The zero-order valence-corrected chi connectivity index (χ0v) is 14.1. The van der Waals surface area contributed by atoms with Crippen LogP contribution < -0.4 is 10.5 Å². The molecule has 1 aromatic carbocycles. The van der Waals surface area contributed by atoms with Crippen LogP contribution >= 0.6 is 0 Å². The first-order valence-corrected chi connectivity index (χ1v) is 8.69. The van der Waals surface area contributed by atoms with Gasteiger partial charge in [0.2, 0.25) is 10.0 Å². The monoisotopic (exact) mass is 328 g/mol. The molecule has 0 aliphatic carbocycles. The van der Waals surface area contributed by atoms with Gasteiger partial charge in [-0.25, -0.2) is 13.6 Å². The Morgan fingerprint density at radius 2 is 2.05 bits per heavy atom. The first kappa shape index (κ1) is 18.6. The number of primary sulfonamides is 1. The molecule has 0 heterocycles. The van der Waals surface area contributed by atoms with E-state index in [9.17, 15) is 13.2 Å². The molecule has 0 aromatic heterocycles. The quantitative estimate of drug-likeness (QED) is 0.707. The molecule has 0 saturated carbocycles. The summed E-state index contributed by atoms with van der Waals surface area (Å²) in [6, 6.07) is 5.66. The van der Waals surface area contributed by atoms with E-state index < -0.39 is 10.0 Å². The van der Waals surface area contributed by atoms with Crippen molar-refractivity contribution in [2.45, 2.75) is 32.1 Å². The predicted octanol–water partition coefficient (Wildman–Crippen LogP) is 1.52. The molecule has 0 fully saturated rings. The number of ether oxygens (including phenoxy) is 1. The number of amides is 1. The van der Waals surface area contributed by atoms with Crippen LogP contribution in [0.25, 0.3) is 0 Å². The third-order valence-electron chi connectivity index (χ3n) is 2.99. The largest absolute Gasteiger partial charge is 0.381 e. The fourth-order valence-electron chi connectivity index (χ4n) is 1.78. The Balaban J connectivity index is 2.66. The molecule has 6 nitrogen and oxygen atoms in total. The second kappa shape index (κ2) is 7.71. The van der Waals surface area contributed by atoms with Gasteiger partial charge in [-0.05, 0) is 24.6 Å². The molecular weight excluding hydrogens is 304 g/mol. The highest BCUT2D eigenvalue weighted by Crippen LogP contribution is 2.15. The van der Waals surface area contributed by atoms with E-state index in [1.807, 2.05) is 20.8 Å². The van der Waals surface area contributed by atoms with Crippen LogP contribution in [-0.2, 0) is 14.8 Å². The predicted molar refractivity (Wildman–Crippen MR) is 85.0 cm³/mol. The van der Waals surface area contributed by atoms with Gasteiger partial charge in [0.1, 0.15) is 0 Å². The lowest BCUT2D eigenvalue weighted by molar-refractivity contribution is 0.0599. The van der Waals surface area contributed by atoms with Gasteiger partial charge in [0.05, 0.1) is 11.5 Å². The lowest BCUT2D eigenvalue weighted by Gasteiger charge is -2.24. The van der Waals surface area contributed by atoms with Gasteiger partial charge in [-0.2, -0.15) is 0 Å². The summed E-state index contributed by atoms with van der Waals surface area (Å²) < 4.78 is 28.1. The van der Waals surface area contributed by atoms with Crippen LogP contribution in [0.1, 0.15) is 37.6 Å². The number of carbonyl (C=O) groups is 1. The molecule has 1 rings (SSSR count). The highest BCUT2D eigenvalue weighted by atomic mass is 32.2. The lowest BCUT2D eigenvalue weighted by atomic mass is 9.94. The molecule has 124 valence electrons. The van der Waals surface area contributed by atoms with Crippen molar-refractivity contribution in [2.75, 3.05) is 19.8 Å². The van der Waals surface area contributed by atoms with Crippen molar-refractivity contribution in [3.63, 3.8) is 0 Å². The molecule has 7 heteroatoms. The number of hydrogen-bond donors (Lipinski definition) is 2. The number of nitrogens with two attached hydrogens (primary N) is 1. The highest BCUT2D eigenvalue weighted by Gasteiger charge is 2.20. The van der Waals surface area contributed by atoms with E-state index in [0.717, 1.165) is 6.42 Å². The van der Waals surface area contributed by atoms with Gasteiger partial charge in [-0.15, -0.1) is 0 Å². The van der Waals surface area contributed by atoms with Gasteiger partial charge in [0.25, 0.3) is 5.91 Å². The van der Waals surface area contributed by atoms with Crippen molar-refractivity contribution in [3.8, 4) is 0 Å². The molecule has 0 aliphatic heterocycles. The van der Waals surface area contributed by atoms with Gasteiger partial charge in [-0.1, -0.05) is 26.8 Å². The smallest absolute Gasteiger partial charge is 0.251 e. The highest BCUT2D eigenvalue weighted by molar-refractivity contribution is 7.89. The number of sulfonamides is 1. The Hall–Kier alpha value is -1.44. The fraction of sp³-hybridized carbons (Fsp3) is 0.533. The average Bonchev–Trinajstić information content (AvgIpc) is 2.44. The maximum absolute atomic E-state index is 12.1. The van der Waals surface area contributed by atoms with Crippen molar-refractivity contribution in [1.82, 2.24) is 5.32 Å². The minimum absolute atomic E-state index is 0.0781. The molecule has 1 amide bonds. The van der Waals surface area contributed by atoms with Gasteiger partial charge in [-0.3, -0.25) is 4.79 Å². The van der Waals surface area contributed by atoms with Crippen LogP contribution in [0.4, 0.5) is 0 Å². The number of nitrogens with one attached hydrogen (secondary N) is 1. The molecule has 0 atom stereocenters. The van der Waals surface area contributed by atoms with Crippen LogP contribution in [-0.4, -0.2) is 34.1 Å².